The van der Waals surface area contributed by atoms with Crippen molar-refractivity contribution in [1.29, 1.82) is 0 Å². The fourth-order valence-electron chi connectivity index (χ4n) is 12.8. The molecule has 0 bridgehead atoms. The number of hydrogen-bond donors (Lipinski definition) is 2. The van der Waals surface area contributed by atoms with E-state index >= 15 is 0 Å². The number of aromatic amines is 1. The Morgan fingerprint density at radius 3 is 2.38 bits per heavy atom. The van der Waals surface area contributed by atoms with E-state index in [1.54, 1.807) is 5.57 Å². The zero-order valence-electron chi connectivity index (χ0n) is 30.2. The molecule has 4 saturated carbocycles. The highest BCUT2D eigenvalue weighted by Crippen LogP contribution is 2.75. The molecule has 0 radical (unpaired) electrons. The Balaban J connectivity index is 1.11. The van der Waals surface area contributed by atoms with Crippen LogP contribution in [0.3, 0.4) is 0 Å². The molecule has 0 saturated heterocycles. The zero-order chi connectivity index (χ0) is 33.9. The lowest BCUT2D eigenvalue weighted by atomic mass is 9.33. The van der Waals surface area contributed by atoms with Crippen LogP contribution >= 0.6 is 0 Å². The smallest absolute Gasteiger partial charge is 0.318 e. The third-order valence-corrected chi connectivity index (χ3v) is 16.1. The van der Waals surface area contributed by atoms with E-state index < -0.39 is 5.41 Å². The van der Waals surface area contributed by atoms with Crippen LogP contribution in [0.25, 0.3) is 22.4 Å². The number of carbonyl (C=O) groups excluding carboxylic acids is 1. The number of aromatic nitrogens is 2. The Morgan fingerprint density at radius 2 is 1.62 bits per heavy atom. The van der Waals surface area contributed by atoms with E-state index in [0.717, 1.165) is 67.4 Å². The molecule has 5 aliphatic rings. The Labute approximate surface area is 287 Å². The fourth-order valence-corrected chi connectivity index (χ4v) is 12.8. The molecule has 10 atom stereocenters. The van der Waals surface area contributed by atoms with Gasteiger partial charge in [0.15, 0.2) is 0 Å². The molecule has 2 aromatic carbocycles. The van der Waals surface area contributed by atoms with Crippen molar-refractivity contribution in [2.24, 2.45) is 56.7 Å². The van der Waals surface area contributed by atoms with Crippen molar-refractivity contribution >= 4 is 17.0 Å². The number of ether oxygens (including phenoxy) is 1. The molecule has 1 aromatic heterocycles. The maximum Gasteiger partial charge on any atom is 0.318 e. The average Bonchev–Trinajstić information content (AvgIpc) is 3.50. The van der Waals surface area contributed by atoms with Crippen LogP contribution in [0, 0.1) is 56.7 Å². The first-order valence-corrected chi connectivity index (χ1v) is 18.9. The number of aliphatic hydroxyl groups is 1. The van der Waals surface area contributed by atoms with Gasteiger partial charge in [-0.15, -0.1) is 0 Å². The molecule has 0 unspecified atom stereocenters. The number of esters is 1. The number of fused-ring (bicyclic) bond motifs is 8. The average molecular weight is 649 g/mol. The Hall–Kier alpha value is -2.92. The van der Waals surface area contributed by atoms with Crippen LogP contribution in [0.15, 0.2) is 60.2 Å². The molecule has 4 fully saturated rings. The number of hydrogen-bond acceptors (Lipinski definition) is 4. The van der Waals surface area contributed by atoms with Gasteiger partial charge in [0.1, 0.15) is 11.6 Å². The Kier molecular flexibility index (Phi) is 7.26. The van der Waals surface area contributed by atoms with Crippen molar-refractivity contribution in [3.05, 3.63) is 60.2 Å². The molecule has 5 heteroatoms. The van der Waals surface area contributed by atoms with Gasteiger partial charge in [0.25, 0.3) is 0 Å². The standard InChI is InChI=1S/C43H56N2O3/c1-26-18-23-43(38(47)48-29-14-12-28(13-15-29)37-44-31-10-8-9-11-32(31)45-37)25-24-41(6)30(36(43)27(26)2)16-17-34-40(5)21-20-35(46)39(3,4)33(40)19-22-42(34,41)7/h8-16,26-27,33-36,46H,17-25H2,1-7H3,(H,44,45)/t26-,27+,33+,34-,35+,36+,40+,41-,42-,43+/m1/s1. The number of nitrogens with one attached hydrogen (secondary N) is 1. The SMILES string of the molecule is C[C@H]1[C@H](C)CC[C@]2(C(=O)Oc3ccc(-c4nc5ccccc5[nH]4)cc3)CC[C@]3(C)C(=CC[C@@H]4[C@@]5(C)CC[C@H](O)C(C)(C)[C@@H]5CC[C@]43C)[C@H]12. The number of rotatable bonds is 3. The minimum Gasteiger partial charge on any atom is -0.426 e. The molecule has 0 spiro atoms. The monoisotopic (exact) mass is 648 g/mol. The van der Waals surface area contributed by atoms with Gasteiger partial charge < -0.3 is 14.8 Å². The summed E-state index contributed by atoms with van der Waals surface area (Å²) in [5.41, 5.74) is 4.40. The van der Waals surface area contributed by atoms with Crippen molar-refractivity contribution in [3.63, 3.8) is 0 Å². The van der Waals surface area contributed by atoms with Crippen LogP contribution in [0.1, 0.15) is 106 Å². The van der Waals surface area contributed by atoms with E-state index in [-0.39, 0.29) is 39.7 Å². The molecule has 0 aliphatic heterocycles. The van der Waals surface area contributed by atoms with Crippen LogP contribution < -0.4 is 4.74 Å². The number of para-hydroxylation sites is 2. The van der Waals surface area contributed by atoms with Gasteiger partial charge in [-0.3, -0.25) is 4.79 Å². The summed E-state index contributed by atoms with van der Waals surface area (Å²) in [5.74, 6) is 3.73. The summed E-state index contributed by atoms with van der Waals surface area (Å²) in [7, 11) is 0. The predicted octanol–water partition coefficient (Wildman–Crippen LogP) is 10.2. The summed E-state index contributed by atoms with van der Waals surface area (Å²) in [6, 6.07) is 15.9. The first kappa shape index (κ1) is 32.3. The summed E-state index contributed by atoms with van der Waals surface area (Å²) in [4.78, 5) is 22.8. The van der Waals surface area contributed by atoms with Gasteiger partial charge in [0, 0.05) is 5.56 Å². The Morgan fingerprint density at radius 1 is 0.875 bits per heavy atom. The molecule has 5 nitrogen and oxygen atoms in total. The summed E-state index contributed by atoms with van der Waals surface area (Å²) in [5, 5.41) is 11.1. The lowest BCUT2D eigenvalue weighted by Crippen LogP contribution is -2.65. The van der Waals surface area contributed by atoms with Gasteiger partial charge in [0.05, 0.1) is 22.6 Å². The minimum absolute atomic E-state index is 0.0309. The molecular weight excluding hydrogens is 592 g/mol. The summed E-state index contributed by atoms with van der Waals surface area (Å²) in [6.45, 7) is 17.2. The van der Waals surface area contributed by atoms with Crippen LogP contribution in [0.5, 0.6) is 5.75 Å². The fraction of sp³-hybridized carbons (Fsp3) is 0.628. The van der Waals surface area contributed by atoms with Crippen molar-refractivity contribution in [3.8, 4) is 17.1 Å². The largest absolute Gasteiger partial charge is 0.426 e. The number of carbonyl (C=O) groups is 1. The van der Waals surface area contributed by atoms with Gasteiger partial charge in [-0.2, -0.15) is 0 Å². The molecule has 5 aliphatic carbocycles. The third kappa shape index (κ3) is 4.31. The molecule has 1 heterocycles. The van der Waals surface area contributed by atoms with Crippen LogP contribution in [-0.4, -0.2) is 27.1 Å². The molecule has 48 heavy (non-hydrogen) atoms. The second-order valence-corrected chi connectivity index (χ2v) is 18.2. The number of aliphatic hydroxyl groups excluding tert-OH is 1. The molecule has 2 N–H and O–H groups in total. The van der Waals surface area contributed by atoms with Crippen LogP contribution in [0.2, 0.25) is 0 Å². The Bertz CT molecular complexity index is 1740. The predicted molar refractivity (Wildman–Crippen MR) is 192 cm³/mol. The summed E-state index contributed by atoms with van der Waals surface area (Å²) < 4.78 is 6.39. The first-order valence-electron chi connectivity index (χ1n) is 18.9. The molecule has 3 aromatic rings. The quantitative estimate of drug-likeness (QED) is 0.168. The second-order valence-electron chi connectivity index (χ2n) is 18.2. The first-order chi connectivity index (χ1) is 22.7. The van der Waals surface area contributed by atoms with Crippen molar-refractivity contribution in [1.82, 2.24) is 9.97 Å². The highest BCUT2D eigenvalue weighted by Gasteiger charge is 2.69. The van der Waals surface area contributed by atoms with Gasteiger partial charge in [-0.05, 0) is 145 Å². The summed E-state index contributed by atoms with van der Waals surface area (Å²) in [6.07, 6.45) is 11.8. The highest BCUT2D eigenvalue weighted by atomic mass is 16.5. The second kappa shape index (κ2) is 10.8. The van der Waals surface area contributed by atoms with Crippen LogP contribution in [0.4, 0.5) is 0 Å². The maximum atomic E-state index is 14.6. The third-order valence-electron chi connectivity index (χ3n) is 16.1. The van der Waals surface area contributed by atoms with Gasteiger partial charge in [-0.25, -0.2) is 4.98 Å². The number of benzene rings is 2. The van der Waals surface area contributed by atoms with Crippen LogP contribution in [-0.2, 0) is 4.79 Å². The van der Waals surface area contributed by atoms with E-state index in [1.807, 2.05) is 48.5 Å². The van der Waals surface area contributed by atoms with Crippen molar-refractivity contribution < 1.29 is 14.6 Å². The van der Waals surface area contributed by atoms with E-state index in [1.165, 1.54) is 12.8 Å². The minimum atomic E-state index is -0.490. The topological polar surface area (TPSA) is 75.2 Å². The highest BCUT2D eigenvalue weighted by molar-refractivity contribution is 5.82. The van der Waals surface area contributed by atoms with E-state index in [9.17, 15) is 9.90 Å². The molecule has 256 valence electrons. The van der Waals surface area contributed by atoms with Gasteiger partial charge in [0.2, 0.25) is 0 Å². The summed E-state index contributed by atoms with van der Waals surface area (Å²) >= 11 is 0. The van der Waals surface area contributed by atoms with Crippen molar-refractivity contribution in [2.45, 2.75) is 112 Å². The van der Waals surface area contributed by atoms with Gasteiger partial charge in [-0.1, -0.05) is 72.2 Å². The normalized spacial score (nSPS) is 41.7. The molecule has 0 amide bonds. The molecular formula is C43H56N2O3. The lowest BCUT2D eigenvalue weighted by Gasteiger charge is -2.71. The maximum absolute atomic E-state index is 14.6. The zero-order valence-corrected chi connectivity index (χ0v) is 30.2. The van der Waals surface area contributed by atoms with E-state index in [0.29, 0.717) is 29.4 Å². The van der Waals surface area contributed by atoms with E-state index in [2.05, 4.69) is 59.5 Å². The number of nitrogens with zero attached hydrogens (tertiary/aromatic N) is 1. The van der Waals surface area contributed by atoms with Crippen molar-refractivity contribution in [2.75, 3.05) is 0 Å². The molecule has 8 rings (SSSR count). The lowest BCUT2D eigenvalue weighted by molar-refractivity contribution is -0.206. The number of imidazole rings is 1. The van der Waals surface area contributed by atoms with Gasteiger partial charge >= 0.3 is 5.97 Å². The number of allylic oxidation sites excluding steroid dienone is 2. The van der Waals surface area contributed by atoms with E-state index in [4.69, 9.17) is 9.72 Å². The number of H-pyrrole nitrogens is 1.